The first kappa shape index (κ1) is 23.4. The Morgan fingerprint density at radius 2 is 0.786 bits per heavy atom. The smallest absolute Gasteiger partial charge is 0.131 e. The molecule has 0 atom stereocenters. The number of fused-ring (bicyclic) bond motifs is 3. The predicted octanol–water partition coefficient (Wildman–Crippen LogP) is 11.8. The van der Waals surface area contributed by atoms with E-state index in [0.717, 1.165) is 16.5 Å². The lowest BCUT2D eigenvalue weighted by Crippen LogP contribution is -1.93. The minimum Gasteiger partial charge on any atom is -0.206 e. The first-order valence-corrected chi connectivity index (χ1v) is 14.5. The van der Waals surface area contributed by atoms with Crippen molar-refractivity contribution in [3.8, 4) is 22.3 Å². The molecule has 0 aliphatic rings. The van der Waals surface area contributed by atoms with Crippen LogP contribution in [0.4, 0.5) is 4.39 Å². The van der Waals surface area contributed by atoms with Crippen LogP contribution in [-0.4, -0.2) is 0 Å². The zero-order valence-electron chi connectivity index (χ0n) is 23.1. The molecule has 0 nitrogen and oxygen atoms in total. The monoisotopic (exact) mass is 536 g/mol. The quantitative estimate of drug-likeness (QED) is 0.152. The molecule has 0 bridgehead atoms. The summed E-state index contributed by atoms with van der Waals surface area (Å²) in [6, 6.07) is 47.0. The number of halogens is 1. The van der Waals surface area contributed by atoms with Gasteiger partial charge in [-0.3, -0.25) is 0 Å². The molecule has 0 aromatic heterocycles. The van der Waals surface area contributed by atoms with Gasteiger partial charge in [-0.2, -0.15) is 0 Å². The summed E-state index contributed by atoms with van der Waals surface area (Å²) in [5.74, 6) is -0.186. The highest BCUT2D eigenvalue weighted by Crippen LogP contribution is 2.46. The van der Waals surface area contributed by atoms with Crippen molar-refractivity contribution in [3.63, 3.8) is 0 Å². The molecule has 9 aromatic carbocycles. The van der Waals surface area contributed by atoms with Gasteiger partial charge in [-0.15, -0.1) is 0 Å². The van der Waals surface area contributed by atoms with E-state index >= 15 is 0 Å². The standard InChI is InChI=1S/C41H25F/c1-24-27-8-2-6-12-33(27)41(34-13-7-3-9-28(24)34)37-21-17-26-15-19-35-31(18-14-25-16-20-36(37)40(26)39(25)35)30-22-23-38(42)32-11-5-4-10-29(30)32/h2-23H,1H3. The van der Waals surface area contributed by atoms with Gasteiger partial charge < -0.3 is 0 Å². The zero-order chi connectivity index (χ0) is 27.9. The van der Waals surface area contributed by atoms with Gasteiger partial charge in [0, 0.05) is 5.39 Å². The van der Waals surface area contributed by atoms with Crippen LogP contribution in [0.25, 0.3) is 86.9 Å². The van der Waals surface area contributed by atoms with Gasteiger partial charge in [0.05, 0.1) is 0 Å². The van der Waals surface area contributed by atoms with E-state index in [1.807, 2.05) is 30.3 Å². The molecule has 0 N–H and O–H groups in total. The fraction of sp³-hybridized carbons (Fsp3) is 0.0244. The molecule has 0 aliphatic heterocycles. The molecule has 0 radical (unpaired) electrons. The average Bonchev–Trinajstić information content (AvgIpc) is 3.05. The molecule has 0 unspecified atom stereocenters. The Morgan fingerprint density at radius 1 is 0.357 bits per heavy atom. The third-order valence-electron chi connectivity index (χ3n) is 9.30. The Labute approximate surface area is 242 Å². The second-order valence-electron chi connectivity index (χ2n) is 11.4. The van der Waals surface area contributed by atoms with Gasteiger partial charge in [-0.05, 0) is 100 Å². The Balaban J connectivity index is 1.42. The van der Waals surface area contributed by atoms with Gasteiger partial charge in [-0.1, -0.05) is 127 Å². The Kier molecular flexibility index (Phi) is 4.81. The van der Waals surface area contributed by atoms with Crippen LogP contribution >= 0.6 is 0 Å². The van der Waals surface area contributed by atoms with Crippen molar-refractivity contribution in [2.75, 3.05) is 0 Å². The van der Waals surface area contributed by atoms with Crippen LogP contribution < -0.4 is 0 Å². The maximum absolute atomic E-state index is 14.8. The van der Waals surface area contributed by atoms with E-state index in [9.17, 15) is 4.39 Å². The van der Waals surface area contributed by atoms with Crippen LogP contribution in [-0.2, 0) is 0 Å². The molecule has 0 fully saturated rings. The molecule has 0 amide bonds. The summed E-state index contributed by atoms with van der Waals surface area (Å²) in [5, 5.41) is 14.2. The molecule has 0 heterocycles. The van der Waals surface area contributed by atoms with Gasteiger partial charge >= 0.3 is 0 Å². The molecule has 0 spiro atoms. The van der Waals surface area contributed by atoms with E-state index in [-0.39, 0.29) is 5.82 Å². The lowest BCUT2D eigenvalue weighted by molar-refractivity contribution is 0.640. The number of rotatable bonds is 2. The van der Waals surface area contributed by atoms with E-state index in [1.165, 1.54) is 70.6 Å². The van der Waals surface area contributed by atoms with Crippen LogP contribution in [0.3, 0.4) is 0 Å². The van der Waals surface area contributed by atoms with Gasteiger partial charge in [0.1, 0.15) is 5.82 Å². The largest absolute Gasteiger partial charge is 0.206 e. The summed E-state index contributed by atoms with van der Waals surface area (Å²) in [4.78, 5) is 0. The van der Waals surface area contributed by atoms with Crippen LogP contribution in [0, 0.1) is 12.7 Å². The highest BCUT2D eigenvalue weighted by molar-refractivity contribution is 6.30. The summed E-state index contributed by atoms with van der Waals surface area (Å²) < 4.78 is 14.8. The minimum atomic E-state index is -0.186. The molecule has 9 rings (SSSR count). The fourth-order valence-corrected chi connectivity index (χ4v) is 7.39. The van der Waals surface area contributed by atoms with E-state index in [2.05, 4.69) is 104 Å². The summed E-state index contributed by atoms with van der Waals surface area (Å²) in [6.07, 6.45) is 0. The van der Waals surface area contributed by atoms with Crippen molar-refractivity contribution >= 4 is 64.6 Å². The van der Waals surface area contributed by atoms with Crippen LogP contribution in [0.1, 0.15) is 5.56 Å². The first-order chi connectivity index (χ1) is 20.7. The summed E-state index contributed by atoms with van der Waals surface area (Å²) in [6.45, 7) is 2.24. The second kappa shape index (κ2) is 8.61. The number of benzene rings is 9. The molecule has 196 valence electrons. The first-order valence-electron chi connectivity index (χ1n) is 14.5. The summed E-state index contributed by atoms with van der Waals surface area (Å²) >= 11 is 0. The van der Waals surface area contributed by atoms with Crippen molar-refractivity contribution in [2.45, 2.75) is 6.92 Å². The van der Waals surface area contributed by atoms with Crippen LogP contribution in [0.15, 0.2) is 133 Å². The van der Waals surface area contributed by atoms with Gasteiger partial charge in [0.2, 0.25) is 0 Å². The fourth-order valence-electron chi connectivity index (χ4n) is 7.39. The predicted molar refractivity (Wildman–Crippen MR) is 178 cm³/mol. The number of aryl methyl sites for hydroxylation is 1. The third-order valence-corrected chi connectivity index (χ3v) is 9.30. The number of hydrogen-bond donors (Lipinski definition) is 0. The van der Waals surface area contributed by atoms with Gasteiger partial charge in [0.15, 0.2) is 0 Å². The summed E-state index contributed by atoms with van der Waals surface area (Å²) in [5.41, 5.74) is 6.04. The molecule has 42 heavy (non-hydrogen) atoms. The average molecular weight is 537 g/mol. The molecule has 9 aromatic rings. The highest BCUT2D eigenvalue weighted by atomic mass is 19.1. The van der Waals surface area contributed by atoms with E-state index in [4.69, 9.17) is 0 Å². The maximum atomic E-state index is 14.8. The van der Waals surface area contributed by atoms with Crippen molar-refractivity contribution in [3.05, 3.63) is 145 Å². The molecule has 1 heteroatoms. The van der Waals surface area contributed by atoms with Gasteiger partial charge in [-0.25, -0.2) is 4.39 Å². The second-order valence-corrected chi connectivity index (χ2v) is 11.4. The SMILES string of the molecule is Cc1c2ccccc2c(-c2ccc3ccc4c(-c5ccc(F)c6ccccc56)ccc5ccc2c3c54)c2ccccc12. The van der Waals surface area contributed by atoms with Crippen LogP contribution in [0.5, 0.6) is 0 Å². The lowest BCUT2D eigenvalue weighted by atomic mass is 9.84. The van der Waals surface area contributed by atoms with E-state index in [0.29, 0.717) is 5.39 Å². The van der Waals surface area contributed by atoms with E-state index < -0.39 is 0 Å². The summed E-state index contributed by atoms with van der Waals surface area (Å²) in [7, 11) is 0. The minimum absolute atomic E-state index is 0.186. The number of hydrogen-bond acceptors (Lipinski definition) is 0. The molecule has 0 saturated carbocycles. The van der Waals surface area contributed by atoms with E-state index in [1.54, 1.807) is 6.07 Å². The lowest BCUT2D eigenvalue weighted by Gasteiger charge is -2.20. The Bertz CT molecular complexity index is 2480. The maximum Gasteiger partial charge on any atom is 0.131 e. The van der Waals surface area contributed by atoms with Crippen molar-refractivity contribution < 1.29 is 4.39 Å². The van der Waals surface area contributed by atoms with Crippen molar-refractivity contribution in [1.82, 2.24) is 0 Å². The van der Waals surface area contributed by atoms with Gasteiger partial charge in [0.25, 0.3) is 0 Å². The molecular weight excluding hydrogens is 511 g/mol. The zero-order valence-corrected chi connectivity index (χ0v) is 23.1. The highest BCUT2D eigenvalue weighted by Gasteiger charge is 2.19. The molecule has 0 aliphatic carbocycles. The molecule has 0 saturated heterocycles. The van der Waals surface area contributed by atoms with Crippen molar-refractivity contribution in [2.24, 2.45) is 0 Å². The molecular formula is C41H25F. The third kappa shape index (κ3) is 3.11. The Hall–Kier alpha value is -5.27. The Morgan fingerprint density at radius 3 is 1.40 bits per heavy atom. The topological polar surface area (TPSA) is 0 Å². The van der Waals surface area contributed by atoms with Crippen molar-refractivity contribution in [1.29, 1.82) is 0 Å². The normalized spacial score (nSPS) is 12.0. The van der Waals surface area contributed by atoms with Crippen LogP contribution in [0.2, 0.25) is 0 Å².